The zero-order valence-corrected chi connectivity index (χ0v) is 20.4. The molecule has 9 nitrogen and oxygen atoms in total. The van der Waals surface area contributed by atoms with Gasteiger partial charge >= 0.3 is 0 Å². The standard InChI is InChI=1S/C23H30N6O3S/c1-6-33-23-27-21(26-15(2)3)17-14-25-29(22(17)28-23)12-11-24-20(30)10-8-16-7-9-18(31-4)19(13-16)32-5/h7-10,13-15H,6,11-12H2,1-5H3,(H,24,30)(H,26,27,28)/b10-8-. The van der Waals surface area contributed by atoms with Gasteiger partial charge in [0.15, 0.2) is 22.3 Å². The summed E-state index contributed by atoms with van der Waals surface area (Å²) in [6, 6.07) is 5.71. The van der Waals surface area contributed by atoms with E-state index in [4.69, 9.17) is 9.47 Å². The Morgan fingerprint density at radius 2 is 2.00 bits per heavy atom. The average molecular weight is 471 g/mol. The molecule has 176 valence electrons. The maximum atomic E-state index is 12.3. The Morgan fingerprint density at radius 3 is 2.70 bits per heavy atom. The molecule has 0 radical (unpaired) electrons. The van der Waals surface area contributed by atoms with Gasteiger partial charge in [0, 0.05) is 18.7 Å². The summed E-state index contributed by atoms with van der Waals surface area (Å²) in [4.78, 5) is 21.6. The van der Waals surface area contributed by atoms with Crippen LogP contribution in [0.2, 0.25) is 0 Å². The van der Waals surface area contributed by atoms with Crippen LogP contribution in [0.1, 0.15) is 26.3 Å². The van der Waals surface area contributed by atoms with Gasteiger partial charge in [0.2, 0.25) is 5.91 Å². The van der Waals surface area contributed by atoms with Crippen LogP contribution in [0.3, 0.4) is 0 Å². The number of benzene rings is 1. The Bertz CT molecular complexity index is 1130. The highest BCUT2D eigenvalue weighted by molar-refractivity contribution is 7.99. The highest BCUT2D eigenvalue weighted by atomic mass is 32.2. The van der Waals surface area contributed by atoms with Crippen molar-refractivity contribution in [1.82, 2.24) is 25.1 Å². The monoisotopic (exact) mass is 470 g/mol. The summed E-state index contributed by atoms with van der Waals surface area (Å²) in [5, 5.41) is 12.3. The minimum absolute atomic E-state index is 0.194. The molecule has 33 heavy (non-hydrogen) atoms. The van der Waals surface area contributed by atoms with E-state index in [9.17, 15) is 4.79 Å². The second kappa shape index (κ2) is 11.6. The van der Waals surface area contributed by atoms with E-state index in [0.29, 0.717) is 29.7 Å². The van der Waals surface area contributed by atoms with Crippen molar-refractivity contribution in [2.45, 2.75) is 38.5 Å². The normalized spacial score (nSPS) is 11.3. The summed E-state index contributed by atoms with van der Waals surface area (Å²) in [5.41, 5.74) is 1.59. The van der Waals surface area contributed by atoms with Crippen LogP contribution in [0, 0.1) is 0 Å². The predicted octanol–water partition coefficient (Wildman–Crippen LogP) is 3.61. The van der Waals surface area contributed by atoms with Crippen LogP contribution in [0.25, 0.3) is 17.1 Å². The van der Waals surface area contributed by atoms with Crippen LogP contribution in [0.5, 0.6) is 11.5 Å². The van der Waals surface area contributed by atoms with Gasteiger partial charge in [-0.3, -0.25) is 4.79 Å². The largest absolute Gasteiger partial charge is 0.493 e. The quantitative estimate of drug-likeness (QED) is 0.249. The smallest absolute Gasteiger partial charge is 0.244 e. The average Bonchev–Trinajstić information content (AvgIpc) is 3.20. The molecule has 0 fully saturated rings. The van der Waals surface area contributed by atoms with E-state index in [1.807, 2.05) is 12.1 Å². The molecular weight excluding hydrogens is 440 g/mol. The van der Waals surface area contributed by atoms with Crippen LogP contribution >= 0.6 is 11.8 Å². The number of hydrogen-bond donors (Lipinski definition) is 2. The first-order valence-electron chi connectivity index (χ1n) is 10.8. The Balaban J connectivity index is 1.65. The molecule has 0 aliphatic carbocycles. The van der Waals surface area contributed by atoms with Crippen molar-refractivity contribution in [3.8, 4) is 11.5 Å². The molecule has 2 N–H and O–H groups in total. The van der Waals surface area contributed by atoms with E-state index in [1.165, 1.54) is 6.08 Å². The maximum absolute atomic E-state index is 12.3. The van der Waals surface area contributed by atoms with Gasteiger partial charge in [0.25, 0.3) is 0 Å². The van der Waals surface area contributed by atoms with Gasteiger partial charge in [0.1, 0.15) is 5.82 Å². The first kappa shape index (κ1) is 24.4. The Hall–Kier alpha value is -3.27. The number of carbonyl (C=O) groups excluding carboxylic acids is 1. The summed E-state index contributed by atoms with van der Waals surface area (Å²) < 4.78 is 12.3. The molecule has 0 aliphatic heterocycles. The SMILES string of the molecule is CCSc1nc(NC(C)C)c2cnn(CCNC(=O)/C=C\c3ccc(OC)c(OC)c3)c2n1. The summed E-state index contributed by atoms with van der Waals surface area (Å²) in [6.07, 6.45) is 4.98. The number of anilines is 1. The number of methoxy groups -OCH3 is 2. The Kier molecular flexibility index (Phi) is 8.53. The molecule has 3 aromatic rings. The lowest BCUT2D eigenvalue weighted by atomic mass is 10.2. The molecule has 0 saturated heterocycles. The van der Waals surface area contributed by atoms with Crippen LogP contribution in [0.15, 0.2) is 35.6 Å². The summed E-state index contributed by atoms with van der Waals surface area (Å²) in [6.45, 7) is 7.11. The third-order valence-electron chi connectivity index (χ3n) is 4.63. The lowest BCUT2D eigenvalue weighted by Crippen LogP contribution is -2.25. The van der Waals surface area contributed by atoms with Crippen molar-refractivity contribution in [1.29, 1.82) is 0 Å². The maximum Gasteiger partial charge on any atom is 0.244 e. The predicted molar refractivity (Wildman–Crippen MR) is 132 cm³/mol. The van der Waals surface area contributed by atoms with Crippen molar-refractivity contribution in [2.75, 3.05) is 31.8 Å². The van der Waals surface area contributed by atoms with E-state index in [1.54, 1.807) is 49.0 Å². The van der Waals surface area contributed by atoms with Gasteiger partial charge in [-0.05, 0) is 43.4 Å². The summed E-state index contributed by atoms with van der Waals surface area (Å²) in [5.74, 6) is 2.71. The Morgan fingerprint density at radius 1 is 1.21 bits per heavy atom. The fourth-order valence-corrected chi connectivity index (χ4v) is 3.71. The molecule has 0 spiro atoms. The van der Waals surface area contributed by atoms with Crippen LogP contribution in [-0.2, 0) is 11.3 Å². The molecule has 0 saturated carbocycles. The fraction of sp³-hybridized carbons (Fsp3) is 0.391. The molecule has 0 bridgehead atoms. The lowest BCUT2D eigenvalue weighted by Gasteiger charge is -2.11. The fourth-order valence-electron chi connectivity index (χ4n) is 3.15. The number of ether oxygens (including phenoxy) is 2. The van der Waals surface area contributed by atoms with E-state index in [-0.39, 0.29) is 11.9 Å². The molecule has 10 heteroatoms. The van der Waals surface area contributed by atoms with Crippen molar-refractivity contribution >= 4 is 40.6 Å². The van der Waals surface area contributed by atoms with E-state index < -0.39 is 0 Å². The Labute approximate surface area is 198 Å². The molecule has 0 unspecified atom stereocenters. The van der Waals surface area contributed by atoms with Crippen molar-refractivity contribution in [3.05, 3.63) is 36.0 Å². The van der Waals surface area contributed by atoms with Crippen molar-refractivity contribution < 1.29 is 14.3 Å². The van der Waals surface area contributed by atoms with Crippen LogP contribution < -0.4 is 20.1 Å². The first-order chi connectivity index (χ1) is 15.9. The zero-order chi connectivity index (χ0) is 23.8. The second-order valence-corrected chi connectivity index (χ2v) is 8.66. The second-order valence-electron chi connectivity index (χ2n) is 7.43. The third kappa shape index (κ3) is 6.38. The summed E-state index contributed by atoms with van der Waals surface area (Å²) >= 11 is 1.58. The van der Waals surface area contributed by atoms with Gasteiger partial charge in [-0.15, -0.1) is 0 Å². The number of amides is 1. The molecule has 2 aromatic heterocycles. The lowest BCUT2D eigenvalue weighted by molar-refractivity contribution is -0.116. The molecule has 0 aliphatic rings. The molecule has 2 heterocycles. The molecule has 3 rings (SSSR count). The van der Waals surface area contributed by atoms with Crippen LogP contribution in [0.4, 0.5) is 5.82 Å². The van der Waals surface area contributed by atoms with Gasteiger partial charge in [-0.25, -0.2) is 14.6 Å². The highest BCUT2D eigenvalue weighted by Crippen LogP contribution is 2.28. The van der Waals surface area contributed by atoms with Crippen molar-refractivity contribution in [2.24, 2.45) is 0 Å². The van der Waals surface area contributed by atoms with Gasteiger partial charge < -0.3 is 20.1 Å². The number of nitrogens with zero attached hydrogens (tertiary/aromatic N) is 4. The van der Waals surface area contributed by atoms with Crippen molar-refractivity contribution in [3.63, 3.8) is 0 Å². The minimum atomic E-state index is -0.194. The molecular formula is C23H30N6O3S. The number of fused-ring (bicyclic) bond motifs is 1. The zero-order valence-electron chi connectivity index (χ0n) is 19.6. The number of hydrogen-bond acceptors (Lipinski definition) is 8. The summed E-state index contributed by atoms with van der Waals surface area (Å²) in [7, 11) is 3.16. The number of nitrogens with one attached hydrogen (secondary N) is 2. The van der Waals surface area contributed by atoms with Gasteiger partial charge in [-0.1, -0.05) is 24.8 Å². The van der Waals surface area contributed by atoms with E-state index in [2.05, 4.69) is 46.5 Å². The highest BCUT2D eigenvalue weighted by Gasteiger charge is 2.14. The van der Waals surface area contributed by atoms with E-state index >= 15 is 0 Å². The van der Waals surface area contributed by atoms with Gasteiger partial charge in [-0.2, -0.15) is 5.10 Å². The number of thioether (sulfide) groups is 1. The minimum Gasteiger partial charge on any atom is -0.493 e. The van der Waals surface area contributed by atoms with Gasteiger partial charge in [0.05, 0.1) is 32.3 Å². The molecule has 0 atom stereocenters. The number of carbonyl (C=O) groups is 1. The molecule has 1 amide bonds. The number of aromatic nitrogens is 4. The van der Waals surface area contributed by atoms with Crippen LogP contribution in [-0.4, -0.2) is 58.2 Å². The van der Waals surface area contributed by atoms with E-state index in [0.717, 1.165) is 28.2 Å². The third-order valence-corrected chi connectivity index (χ3v) is 5.36. The first-order valence-corrected chi connectivity index (χ1v) is 11.7. The molecule has 1 aromatic carbocycles. The number of rotatable bonds is 11. The topological polar surface area (TPSA) is 103 Å².